The first-order valence-electron chi connectivity index (χ1n) is 11.6. The lowest BCUT2D eigenvalue weighted by Gasteiger charge is -2.32. The van der Waals surface area contributed by atoms with Gasteiger partial charge in [0.25, 0.3) is 11.5 Å². The summed E-state index contributed by atoms with van der Waals surface area (Å²) in [6, 6.07) is 5.34. The Labute approximate surface area is 191 Å². The highest BCUT2D eigenvalue weighted by Gasteiger charge is 2.31. The molecule has 0 saturated heterocycles. The number of carbonyl (C=O) groups is 1. The van der Waals surface area contributed by atoms with Gasteiger partial charge in [-0.3, -0.25) is 9.59 Å². The Morgan fingerprint density at radius 2 is 2.00 bits per heavy atom. The maximum atomic E-state index is 13.2. The van der Waals surface area contributed by atoms with Gasteiger partial charge in [0.15, 0.2) is 5.65 Å². The molecule has 0 aromatic carbocycles. The molecule has 2 aliphatic rings. The van der Waals surface area contributed by atoms with E-state index in [0.717, 1.165) is 32.1 Å². The molecule has 33 heavy (non-hydrogen) atoms. The molecule has 5 rings (SSSR count). The highest BCUT2D eigenvalue weighted by Crippen LogP contribution is 2.28. The molecule has 3 aromatic rings. The van der Waals surface area contributed by atoms with Crippen molar-refractivity contribution >= 4 is 28.9 Å². The molecule has 10 nitrogen and oxygen atoms in total. The van der Waals surface area contributed by atoms with E-state index in [1.54, 1.807) is 23.7 Å². The Bertz CT molecular complexity index is 1230. The summed E-state index contributed by atoms with van der Waals surface area (Å²) in [7, 11) is 1.75. The highest BCUT2D eigenvalue weighted by atomic mass is 16.3. The minimum atomic E-state index is -0.515. The SMILES string of the molecule is CNc1cc(Nc2cccn(C3CCCCC3)c2=O)nc2c(C(=O)N[C@@H]3CC[C@@H]3O)cnn12. The summed E-state index contributed by atoms with van der Waals surface area (Å²) in [6.07, 6.45) is 9.77. The summed E-state index contributed by atoms with van der Waals surface area (Å²) < 4.78 is 3.36. The predicted octanol–water partition coefficient (Wildman–Crippen LogP) is 2.43. The maximum absolute atomic E-state index is 13.2. The number of hydrogen-bond donors (Lipinski definition) is 4. The molecule has 0 spiro atoms. The lowest BCUT2D eigenvalue weighted by molar-refractivity contribution is 0.0448. The zero-order chi connectivity index (χ0) is 22.9. The van der Waals surface area contributed by atoms with E-state index in [0.29, 0.717) is 35.0 Å². The monoisotopic (exact) mass is 451 g/mol. The van der Waals surface area contributed by atoms with Crippen molar-refractivity contribution in [3.8, 4) is 0 Å². The van der Waals surface area contributed by atoms with Crippen molar-refractivity contribution in [2.24, 2.45) is 0 Å². The number of aliphatic hydroxyl groups excluding tert-OH is 1. The molecule has 3 aromatic heterocycles. The third-order valence-electron chi connectivity index (χ3n) is 6.73. The van der Waals surface area contributed by atoms with Gasteiger partial charge in [-0.2, -0.15) is 9.61 Å². The normalized spacial score (nSPS) is 20.9. The van der Waals surface area contributed by atoms with Gasteiger partial charge in [0.2, 0.25) is 0 Å². The Hall–Kier alpha value is -3.40. The van der Waals surface area contributed by atoms with Crippen LogP contribution in [0.4, 0.5) is 17.3 Å². The number of fused-ring (bicyclic) bond motifs is 1. The van der Waals surface area contributed by atoms with Gasteiger partial charge in [-0.05, 0) is 37.8 Å². The largest absolute Gasteiger partial charge is 0.391 e. The van der Waals surface area contributed by atoms with Gasteiger partial charge in [-0.25, -0.2) is 4.98 Å². The number of carbonyl (C=O) groups excluding carboxylic acids is 1. The van der Waals surface area contributed by atoms with E-state index in [1.165, 1.54) is 12.6 Å². The number of anilines is 3. The zero-order valence-electron chi connectivity index (χ0n) is 18.6. The molecule has 0 radical (unpaired) electrons. The lowest BCUT2D eigenvalue weighted by Crippen LogP contribution is -2.50. The molecular weight excluding hydrogens is 422 g/mol. The maximum Gasteiger partial charge on any atom is 0.274 e. The van der Waals surface area contributed by atoms with Crippen molar-refractivity contribution in [2.75, 3.05) is 17.7 Å². The van der Waals surface area contributed by atoms with Crippen LogP contribution in [0.2, 0.25) is 0 Å². The van der Waals surface area contributed by atoms with E-state index < -0.39 is 6.10 Å². The number of nitrogens with zero attached hydrogens (tertiary/aromatic N) is 4. The van der Waals surface area contributed by atoms with E-state index >= 15 is 0 Å². The van der Waals surface area contributed by atoms with E-state index in [4.69, 9.17) is 0 Å². The van der Waals surface area contributed by atoms with Crippen molar-refractivity contribution in [2.45, 2.75) is 63.1 Å². The number of pyridine rings is 1. The van der Waals surface area contributed by atoms with E-state index in [2.05, 4.69) is 26.0 Å². The Morgan fingerprint density at radius 3 is 2.70 bits per heavy atom. The molecular formula is C23H29N7O3. The molecule has 2 aliphatic carbocycles. The van der Waals surface area contributed by atoms with Crippen LogP contribution in [0.15, 0.2) is 35.4 Å². The van der Waals surface area contributed by atoms with Crippen LogP contribution in [0.1, 0.15) is 61.3 Å². The second-order valence-electron chi connectivity index (χ2n) is 8.85. The summed E-state index contributed by atoms with van der Waals surface area (Å²) in [4.78, 5) is 30.6. The third kappa shape index (κ3) is 4.06. The summed E-state index contributed by atoms with van der Waals surface area (Å²) in [5.74, 6) is 0.720. The Kier molecular flexibility index (Phi) is 5.76. The van der Waals surface area contributed by atoms with Crippen LogP contribution < -0.4 is 21.5 Å². The molecule has 2 saturated carbocycles. The minimum absolute atomic E-state index is 0.0810. The van der Waals surface area contributed by atoms with Crippen LogP contribution in [0.25, 0.3) is 5.65 Å². The number of rotatable bonds is 6. The predicted molar refractivity (Wildman–Crippen MR) is 125 cm³/mol. The smallest absolute Gasteiger partial charge is 0.274 e. The van der Waals surface area contributed by atoms with Crippen LogP contribution in [0.5, 0.6) is 0 Å². The highest BCUT2D eigenvalue weighted by molar-refractivity contribution is 6.00. The van der Waals surface area contributed by atoms with E-state index in [-0.39, 0.29) is 23.6 Å². The molecule has 1 amide bonds. The first-order chi connectivity index (χ1) is 16.0. The van der Waals surface area contributed by atoms with Crippen LogP contribution >= 0.6 is 0 Å². The first kappa shape index (κ1) is 21.4. The fourth-order valence-corrected chi connectivity index (χ4v) is 4.65. The van der Waals surface area contributed by atoms with Gasteiger partial charge in [0, 0.05) is 25.4 Å². The molecule has 174 valence electrons. The summed E-state index contributed by atoms with van der Waals surface area (Å²) in [6.45, 7) is 0. The van der Waals surface area contributed by atoms with Gasteiger partial charge in [-0.1, -0.05) is 19.3 Å². The van der Waals surface area contributed by atoms with Crippen molar-refractivity contribution in [3.05, 3.63) is 46.5 Å². The number of aromatic nitrogens is 4. The Balaban J connectivity index is 1.46. The molecule has 0 unspecified atom stereocenters. The fraction of sp³-hybridized carbons (Fsp3) is 0.478. The third-order valence-corrected chi connectivity index (χ3v) is 6.73. The number of nitrogens with one attached hydrogen (secondary N) is 3. The molecule has 4 N–H and O–H groups in total. The molecule has 2 fully saturated rings. The lowest BCUT2D eigenvalue weighted by atomic mass is 9.89. The standard InChI is InChI=1S/C23H29N7O3/c1-24-20-12-19(26-17-8-5-11-29(23(17)33)14-6-3-2-4-7-14)28-21-15(13-25-30(20)21)22(32)27-16-9-10-18(16)31/h5,8,11-14,16,18,24,31H,2-4,6-7,9-10H2,1H3,(H,26,28)(H,27,32)/t16-,18+/m1/s1. The molecule has 0 bridgehead atoms. The fourth-order valence-electron chi connectivity index (χ4n) is 4.65. The average Bonchev–Trinajstić information content (AvgIpc) is 3.27. The van der Waals surface area contributed by atoms with E-state index in [9.17, 15) is 14.7 Å². The number of aliphatic hydroxyl groups is 1. The van der Waals surface area contributed by atoms with Gasteiger partial charge in [0.1, 0.15) is 22.9 Å². The quantitative estimate of drug-likeness (QED) is 0.453. The van der Waals surface area contributed by atoms with Crippen molar-refractivity contribution in [3.63, 3.8) is 0 Å². The summed E-state index contributed by atoms with van der Waals surface area (Å²) in [5, 5.41) is 23.1. The van der Waals surface area contributed by atoms with Crippen molar-refractivity contribution in [1.82, 2.24) is 24.5 Å². The Morgan fingerprint density at radius 1 is 1.18 bits per heavy atom. The molecule has 2 atom stereocenters. The van der Waals surface area contributed by atoms with Crippen LogP contribution in [-0.4, -0.2) is 49.4 Å². The zero-order valence-corrected chi connectivity index (χ0v) is 18.6. The number of hydrogen-bond acceptors (Lipinski definition) is 7. The van der Waals surface area contributed by atoms with E-state index in [1.807, 2.05) is 16.8 Å². The molecule has 10 heteroatoms. The summed E-state index contributed by atoms with van der Waals surface area (Å²) >= 11 is 0. The van der Waals surface area contributed by atoms with Crippen LogP contribution in [0.3, 0.4) is 0 Å². The summed E-state index contributed by atoms with van der Waals surface area (Å²) in [5.41, 5.74) is 1.02. The van der Waals surface area contributed by atoms with Gasteiger partial charge in [-0.15, -0.1) is 0 Å². The van der Waals surface area contributed by atoms with Gasteiger partial charge < -0.3 is 25.6 Å². The first-order valence-corrected chi connectivity index (χ1v) is 11.6. The van der Waals surface area contributed by atoms with Gasteiger partial charge in [0.05, 0.1) is 18.3 Å². The molecule has 3 heterocycles. The van der Waals surface area contributed by atoms with Crippen molar-refractivity contribution < 1.29 is 9.90 Å². The average molecular weight is 452 g/mol. The van der Waals surface area contributed by atoms with Gasteiger partial charge >= 0.3 is 0 Å². The van der Waals surface area contributed by atoms with Crippen LogP contribution in [0, 0.1) is 0 Å². The number of amides is 1. The molecule has 0 aliphatic heterocycles. The topological polar surface area (TPSA) is 126 Å². The second-order valence-corrected chi connectivity index (χ2v) is 8.85. The second kappa shape index (κ2) is 8.86. The van der Waals surface area contributed by atoms with Crippen LogP contribution in [-0.2, 0) is 0 Å². The minimum Gasteiger partial charge on any atom is -0.391 e. The van der Waals surface area contributed by atoms with Crippen molar-refractivity contribution in [1.29, 1.82) is 0 Å².